The van der Waals surface area contributed by atoms with E-state index in [0.717, 1.165) is 26.1 Å². The first-order valence-electron chi connectivity index (χ1n) is 6.49. The summed E-state index contributed by atoms with van der Waals surface area (Å²) in [5, 5.41) is 6.36. The second-order valence-electron chi connectivity index (χ2n) is 5.11. The molecule has 4 nitrogen and oxygen atoms in total. The molecule has 0 bridgehead atoms. The highest BCUT2D eigenvalue weighted by molar-refractivity contribution is 5.79. The van der Waals surface area contributed by atoms with E-state index in [1.165, 1.54) is 25.9 Å². The zero-order chi connectivity index (χ0) is 11.4. The summed E-state index contributed by atoms with van der Waals surface area (Å²) in [4.78, 5) is 14.3. The molecule has 0 radical (unpaired) electrons. The Morgan fingerprint density at radius 3 is 2.88 bits per heavy atom. The Labute approximate surface area is 97.8 Å². The summed E-state index contributed by atoms with van der Waals surface area (Å²) >= 11 is 0. The molecule has 2 saturated heterocycles. The summed E-state index contributed by atoms with van der Waals surface area (Å²) in [7, 11) is 0. The van der Waals surface area contributed by atoms with Crippen molar-refractivity contribution in [2.75, 3.05) is 32.7 Å². The van der Waals surface area contributed by atoms with Gasteiger partial charge in [-0.25, -0.2) is 0 Å². The van der Waals surface area contributed by atoms with Crippen LogP contribution < -0.4 is 10.6 Å². The van der Waals surface area contributed by atoms with E-state index in [0.29, 0.717) is 0 Å². The molecule has 16 heavy (non-hydrogen) atoms. The fourth-order valence-corrected chi connectivity index (χ4v) is 2.64. The van der Waals surface area contributed by atoms with Gasteiger partial charge >= 0.3 is 0 Å². The second kappa shape index (κ2) is 5.64. The van der Waals surface area contributed by atoms with E-state index in [2.05, 4.69) is 22.5 Å². The molecule has 2 aliphatic heterocycles. The first-order valence-corrected chi connectivity index (χ1v) is 6.49. The lowest BCUT2D eigenvalue weighted by Crippen LogP contribution is -2.43. The van der Waals surface area contributed by atoms with Gasteiger partial charge in [0.05, 0.1) is 5.92 Å². The molecule has 1 amide bonds. The molecule has 2 rings (SSSR count). The molecule has 0 aromatic heterocycles. The van der Waals surface area contributed by atoms with E-state index in [1.54, 1.807) is 0 Å². The summed E-state index contributed by atoms with van der Waals surface area (Å²) in [5.74, 6) is 0.428. The lowest BCUT2D eigenvalue weighted by Gasteiger charge is -2.22. The number of likely N-dealkylation sites (tertiary alicyclic amines) is 1. The maximum atomic E-state index is 11.9. The molecular weight excluding hydrogens is 202 g/mol. The number of amides is 1. The molecule has 2 unspecified atom stereocenters. The Kier molecular flexibility index (Phi) is 4.18. The third-order valence-corrected chi connectivity index (χ3v) is 3.55. The van der Waals surface area contributed by atoms with E-state index < -0.39 is 0 Å². The fraction of sp³-hybridized carbons (Fsp3) is 0.917. The summed E-state index contributed by atoms with van der Waals surface area (Å²) in [6.07, 6.45) is 3.61. The van der Waals surface area contributed by atoms with Gasteiger partial charge in [0, 0.05) is 19.1 Å². The molecule has 4 heteroatoms. The maximum Gasteiger partial charge on any atom is 0.224 e. The Morgan fingerprint density at radius 1 is 1.50 bits per heavy atom. The Morgan fingerprint density at radius 2 is 2.25 bits per heavy atom. The minimum absolute atomic E-state index is 0.195. The molecule has 0 aromatic rings. The van der Waals surface area contributed by atoms with Crippen LogP contribution in [0.15, 0.2) is 0 Å². The fourth-order valence-electron chi connectivity index (χ4n) is 2.64. The topological polar surface area (TPSA) is 44.4 Å². The molecule has 0 aliphatic carbocycles. The Bertz CT molecular complexity index is 232. The zero-order valence-corrected chi connectivity index (χ0v) is 10.2. The largest absolute Gasteiger partial charge is 0.352 e. The lowest BCUT2D eigenvalue weighted by molar-refractivity contribution is -0.125. The standard InChI is InChI=1S/C12H23N3O/c1-10(9-15-6-2-3-7-15)14-12(16)11-4-5-13-8-11/h10-11,13H,2-9H2,1H3,(H,14,16). The van der Waals surface area contributed by atoms with Gasteiger partial charge in [0.15, 0.2) is 0 Å². The third-order valence-electron chi connectivity index (χ3n) is 3.55. The van der Waals surface area contributed by atoms with Gasteiger partial charge in [0.2, 0.25) is 5.91 Å². The van der Waals surface area contributed by atoms with Gasteiger partial charge in [0.1, 0.15) is 0 Å². The summed E-state index contributed by atoms with van der Waals surface area (Å²) in [6, 6.07) is 0.284. The smallest absolute Gasteiger partial charge is 0.224 e. The average Bonchev–Trinajstić information content (AvgIpc) is 2.88. The number of nitrogens with one attached hydrogen (secondary N) is 2. The first kappa shape index (κ1) is 11.9. The van der Waals surface area contributed by atoms with E-state index in [4.69, 9.17) is 0 Å². The quantitative estimate of drug-likeness (QED) is 0.718. The Hall–Kier alpha value is -0.610. The highest BCUT2D eigenvalue weighted by Gasteiger charge is 2.24. The minimum Gasteiger partial charge on any atom is -0.352 e. The average molecular weight is 225 g/mol. The van der Waals surface area contributed by atoms with Crippen LogP contribution in [0.25, 0.3) is 0 Å². The van der Waals surface area contributed by atoms with Crippen molar-refractivity contribution < 1.29 is 4.79 Å². The molecule has 0 spiro atoms. The highest BCUT2D eigenvalue weighted by atomic mass is 16.2. The maximum absolute atomic E-state index is 11.9. The van der Waals surface area contributed by atoms with E-state index in [1.807, 2.05) is 0 Å². The van der Waals surface area contributed by atoms with E-state index in [9.17, 15) is 4.79 Å². The van der Waals surface area contributed by atoms with Gasteiger partial charge in [-0.15, -0.1) is 0 Å². The zero-order valence-electron chi connectivity index (χ0n) is 10.2. The predicted molar refractivity (Wildman–Crippen MR) is 64.3 cm³/mol. The highest BCUT2D eigenvalue weighted by Crippen LogP contribution is 2.10. The van der Waals surface area contributed by atoms with Crippen LogP contribution in [-0.4, -0.2) is 49.6 Å². The second-order valence-corrected chi connectivity index (χ2v) is 5.11. The molecule has 0 aromatic carbocycles. The SMILES string of the molecule is CC(CN1CCCC1)NC(=O)C1CCNC1. The molecule has 92 valence electrons. The summed E-state index contributed by atoms with van der Waals surface area (Å²) in [5.41, 5.74) is 0. The van der Waals surface area contributed by atoms with Crippen molar-refractivity contribution in [3.05, 3.63) is 0 Å². The van der Waals surface area contributed by atoms with Crippen LogP contribution in [0.5, 0.6) is 0 Å². The van der Waals surface area contributed by atoms with Crippen LogP contribution in [0, 0.1) is 5.92 Å². The van der Waals surface area contributed by atoms with Crippen LogP contribution in [0.3, 0.4) is 0 Å². The van der Waals surface area contributed by atoms with Gasteiger partial charge in [-0.05, 0) is 45.8 Å². The monoisotopic (exact) mass is 225 g/mol. The predicted octanol–water partition coefficient (Wildman–Crippen LogP) is 0.196. The van der Waals surface area contributed by atoms with Crippen LogP contribution in [0.1, 0.15) is 26.2 Å². The van der Waals surface area contributed by atoms with Crippen molar-refractivity contribution in [3.63, 3.8) is 0 Å². The Balaban J connectivity index is 1.68. The van der Waals surface area contributed by atoms with Crippen molar-refractivity contribution in [1.82, 2.24) is 15.5 Å². The van der Waals surface area contributed by atoms with Crippen LogP contribution in [0.2, 0.25) is 0 Å². The van der Waals surface area contributed by atoms with Crippen molar-refractivity contribution in [2.24, 2.45) is 5.92 Å². The molecular formula is C12H23N3O. The van der Waals surface area contributed by atoms with Gasteiger partial charge in [-0.2, -0.15) is 0 Å². The molecule has 0 saturated carbocycles. The minimum atomic E-state index is 0.195. The summed E-state index contributed by atoms with van der Waals surface area (Å²) < 4.78 is 0. The normalized spacial score (nSPS) is 28.2. The molecule has 2 N–H and O–H groups in total. The van der Waals surface area contributed by atoms with Crippen molar-refractivity contribution >= 4 is 5.91 Å². The van der Waals surface area contributed by atoms with Gasteiger partial charge in [0.25, 0.3) is 0 Å². The summed E-state index contributed by atoms with van der Waals surface area (Å²) in [6.45, 7) is 7.35. The van der Waals surface area contributed by atoms with Crippen molar-refractivity contribution in [1.29, 1.82) is 0 Å². The van der Waals surface area contributed by atoms with Crippen molar-refractivity contribution in [3.8, 4) is 0 Å². The number of nitrogens with zero attached hydrogens (tertiary/aromatic N) is 1. The third kappa shape index (κ3) is 3.19. The number of carbonyl (C=O) groups is 1. The van der Waals surface area contributed by atoms with Crippen LogP contribution in [-0.2, 0) is 4.79 Å². The van der Waals surface area contributed by atoms with Gasteiger partial charge in [-0.1, -0.05) is 0 Å². The molecule has 2 heterocycles. The number of rotatable bonds is 4. The van der Waals surface area contributed by atoms with Gasteiger partial charge < -0.3 is 15.5 Å². The van der Waals surface area contributed by atoms with Crippen LogP contribution >= 0.6 is 0 Å². The number of hydrogen-bond acceptors (Lipinski definition) is 3. The lowest BCUT2D eigenvalue weighted by atomic mass is 10.1. The van der Waals surface area contributed by atoms with E-state index >= 15 is 0 Å². The number of carbonyl (C=O) groups excluding carboxylic acids is 1. The molecule has 2 fully saturated rings. The van der Waals surface area contributed by atoms with Crippen LogP contribution in [0.4, 0.5) is 0 Å². The molecule has 2 aliphatic rings. The van der Waals surface area contributed by atoms with Gasteiger partial charge in [-0.3, -0.25) is 4.79 Å². The first-order chi connectivity index (χ1) is 7.75. The number of hydrogen-bond donors (Lipinski definition) is 2. The molecule has 2 atom stereocenters. The van der Waals surface area contributed by atoms with E-state index in [-0.39, 0.29) is 17.9 Å². The van der Waals surface area contributed by atoms with Crippen molar-refractivity contribution in [2.45, 2.75) is 32.2 Å².